The molecule has 0 aliphatic carbocycles. The Labute approximate surface area is 157 Å². The van der Waals surface area contributed by atoms with Crippen molar-refractivity contribution in [3.8, 4) is 0 Å². The lowest BCUT2D eigenvalue weighted by molar-refractivity contribution is -0.117. The van der Waals surface area contributed by atoms with Gasteiger partial charge in [-0.25, -0.2) is 4.39 Å². The van der Waals surface area contributed by atoms with Gasteiger partial charge in [0.05, 0.1) is 11.3 Å². The maximum Gasteiger partial charge on any atom is 0.294 e. The Morgan fingerprint density at radius 3 is 2.41 bits per heavy atom. The van der Waals surface area contributed by atoms with Crippen molar-refractivity contribution in [1.82, 2.24) is 9.88 Å². The Bertz CT molecular complexity index is 916. The summed E-state index contributed by atoms with van der Waals surface area (Å²) in [7, 11) is 1.64. The number of rotatable bonds is 6. The van der Waals surface area contributed by atoms with Crippen LogP contribution in [0.5, 0.6) is 0 Å². The van der Waals surface area contributed by atoms with Crippen LogP contribution in [-0.2, 0) is 11.8 Å². The van der Waals surface area contributed by atoms with Crippen LogP contribution >= 0.6 is 0 Å². The molecule has 0 fully saturated rings. The van der Waals surface area contributed by atoms with Crippen molar-refractivity contribution in [2.75, 3.05) is 11.9 Å². The number of carbonyl (C=O) groups is 3. The lowest BCUT2D eigenvalue weighted by Gasteiger charge is -2.07. The quantitative estimate of drug-likeness (QED) is 0.603. The van der Waals surface area contributed by atoms with Gasteiger partial charge in [-0.2, -0.15) is 0 Å². The zero-order chi connectivity index (χ0) is 20.3. The molecular formula is C20H24FN3O3. The fourth-order valence-corrected chi connectivity index (χ4v) is 2.98. The molecular weight excluding hydrogens is 349 g/mol. The minimum absolute atomic E-state index is 0.182. The lowest BCUT2D eigenvalue weighted by atomic mass is 10.1. The van der Waals surface area contributed by atoms with Crippen molar-refractivity contribution in [1.29, 1.82) is 0 Å². The van der Waals surface area contributed by atoms with Crippen molar-refractivity contribution >= 4 is 23.3 Å². The summed E-state index contributed by atoms with van der Waals surface area (Å²) in [6, 6.07) is 4.28. The second-order valence-corrected chi connectivity index (χ2v) is 6.50. The van der Waals surface area contributed by atoms with Crippen LogP contribution in [0, 0.1) is 26.6 Å². The average molecular weight is 373 g/mol. The standard InChI is InChI=1S/C20H24FN3O3/c1-6-9-22-20(27)18(25)17-12(3)16(13(4)24(17)5)19(26)23-14-7-8-15(21)11(2)10-14/h7-8,10H,6,9H2,1-5H3,(H,22,27)(H,23,26). The summed E-state index contributed by atoms with van der Waals surface area (Å²) in [6.45, 7) is 7.25. The van der Waals surface area contributed by atoms with Crippen molar-refractivity contribution in [2.45, 2.75) is 34.1 Å². The molecule has 0 unspecified atom stereocenters. The number of hydrogen-bond donors (Lipinski definition) is 2. The maximum atomic E-state index is 13.4. The number of halogens is 1. The molecule has 0 saturated heterocycles. The number of aryl methyl sites for hydroxylation is 1. The number of benzene rings is 1. The van der Waals surface area contributed by atoms with Gasteiger partial charge < -0.3 is 15.2 Å². The highest BCUT2D eigenvalue weighted by atomic mass is 19.1. The fraction of sp³-hybridized carbons (Fsp3) is 0.350. The number of nitrogens with one attached hydrogen (secondary N) is 2. The molecule has 0 spiro atoms. The SMILES string of the molecule is CCCNC(=O)C(=O)c1c(C)c(C(=O)Nc2ccc(F)c(C)c2)c(C)n1C. The average Bonchev–Trinajstić information content (AvgIpc) is 2.84. The lowest BCUT2D eigenvalue weighted by Crippen LogP contribution is -2.33. The monoisotopic (exact) mass is 373 g/mol. The van der Waals surface area contributed by atoms with Crippen LogP contribution in [0.25, 0.3) is 0 Å². The third kappa shape index (κ3) is 4.07. The van der Waals surface area contributed by atoms with E-state index in [2.05, 4.69) is 10.6 Å². The van der Waals surface area contributed by atoms with Crippen LogP contribution in [0.3, 0.4) is 0 Å². The second kappa shape index (κ2) is 8.16. The number of anilines is 1. The number of aromatic nitrogens is 1. The fourth-order valence-electron chi connectivity index (χ4n) is 2.98. The van der Waals surface area contributed by atoms with Gasteiger partial charge in [-0.1, -0.05) is 6.92 Å². The Morgan fingerprint density at radius 2 is 1.81 bits per heavy atom. The number of hydrogen-bond acceptors (Lipinski definition) is 3. The molecule has 1 aromatic carbocycles. The Morgan fingerprint density at radius 1 is 1.15 bits per heavy atom. The number of amides is 2. The summed E-state index contributed by atoms with van der Waals surface area (Å²) in [5, 5.41) is 5.28. The van der Waals surface area contributed by atoms with Crippen LogP contribution < -0.4 is 10.6 Å². The first kappa shape index (κ1) is 20.4. The van der Waals surface area contributed by atoms with Gasteiger partial charge in [0.2, 0.25) is 0 Å². The molecule has 144 valence electrons. The highest BCUT2D eigenvalue weighted by Gasteiger charge is 2.28. The highest BCUT2D eigenvalue weighted by molar-refractivity contribution is 6.43. The van der Waals surface area contributed by atoms with Gasteiger partial charge in [0.25, 0.3) is 17.6 Å². The van der Waals surface area contributed by atoms with E-state index in [0.717, 1.165) is 6.42 Å². The first-order valence-corrected chi connectivity index (χ1v) is 8.74. The molecule has 0 radical (unpaired) electrons. The zero-order valence-electron chi connectivity index (χ0n) is 16.2. The number of nitrogens with zero attached hydrogens (tertiary/aromatic N) is 1. The van der Waals surface area contributed by atoms with E-state index in [0.29, 0.717) is 34.6 Å². The van der Waals surface area contributed by atoms with E-state index >= 15 is 0 Å². The molecule has 2 aromatic rings. The summed E-state index contributed by atoms with van der Waals surface area (Å²) in [4.78, 5) is 37.3. The van der Waals surface area contributed by atoms with Crippen molar-refractivity contribution in [3.05, 3.63) is 52.1 Å². The zero-order valence-corrected chi connectivity index (χ0v) is 16.2. The van der Waals surface area contributed by atoms with Gasteiger partial charge in [0, 0.05) is 25.0 Å². The summed E-state index contributed by atoms with van der Waals surface area (Å²) in [6.07, 6.45) is 0.717. The minimum Gasteiger partial charge on any atom is -0.349 e. The normalized spacial score (nSPS) is 10.6. The van der Waals surface area contributed by atoms with Crippen LogP contribution in [0.15, 0.2) is 18.2 Å². The molecule has 2 amide bonds. The number of ketones is 1. The van der Waals surface area contributed by atoms with Crippen LogP contribution in [0.2, 0.25) is 0 Å². The summed E-state index contributed by atoms with van der Waals surface area (Å²) < 4.78 is 15.0. The predicted octanol–water partition coefficient (Wildman–Crippen LogP) is 3.05. The van der Waals surface area contributed by atoms with E-state index in [1.807, 2.05) is 6.92 Å². The van der Waals surface area contributed by atoms with Crippen LogP contribution in [-0.4, -0.2) is 28.7 Å². The summed E-state index contributed by atoms with van der Waals surface area (Å²) in [5.41, 5.74) is 2.37. The van der Waals surface area contributed by atoms with Gasteiger partial charge in [0.15, 0.2) is 0 Å². The van der Waals surface area contributed by atoms with Gasteiger partial charge in [0.1, 0.15) is 5.82 Å². The second-order valence-electron chi connectivity index (χ2n) is 6.50. The van der Waals surface area contributed by atoms with E-state index in [4.69, 9.17) is 0 Å². The number of Topliss-reactive ketones (excluding diaryl/α,β-unsaturated/α-hetero) is 1. The first-order chi connectivity index (χ1) is 12.7. The Hall–Kier alpha value is -2.96. The van der Waals surface area contributed by atoms with Gasteiger partial charge in [-0.15, -0.1) is 0 Å². The molecule has 0 aliphatic heterocycles. The third-order valence-electron chi connectivity index (χ3n) is 4.53. The summed E-state index contributed by atoms with van der Waals surface area (Å²) in [5.74, 6) is -2.14. The van der Waals surface area contributed by atoms with Crippen LogP contribution in [0.4, 0.5) is 10.1 Å². The van der Waals surface area contributed by atoms with Crippen molar-refractivity contribution in [2.24, 2.45) is 7.05 Å². The van der Waals surface area contributed by atoms with E-state index in [1.54, 1.807) is 32.4 Å². The third-order valence-corrected chi connectivity index (χ3v) is 4.53. The molecule has 2 rings (SSSR count). The highest BCUT2D eigenvalue weighted by Crippen LogP contribution is 2.23. The molecule has 0 saturated carbocycles. The van der Waals surface area contributed by atoms with Gasteiger partial charge in [-0.05, 0) is 56.5 Å². The summed E-state index contributed by atoms with van der Waals surface area (Å²) >= 11 is 0. The van der Waals surface area contributed by atoms with E-state index in [-0.39, 0.29) is 11.5 Å². The molecule has 2 N–H and O–H groups in total. The van der Waals surface area contributed by atoms with Gasteiger partial charge >= 0.3 is 0 Å². The predicted molar refractivity (Wildman–Crippen MR) is 102 cm³/mol. The van der Waals surface area contributed by atoms with E-state index < -0.39 is 17.6 Å². The largest absolute Gasteiger partial charge is 0.349 e. The molecule has 6 nitrogen and oxygen atoms in total. The van der Waals surface area contributed by atoms with E-state index in [1.165, 1.54) is 18.2 Å². The van der Waals surface area contributed by atoms with Crippen LogP contribution in [0.1, 0.15) is 51.0 Å². The molecule has 1 heterocycles. The van der Waals surface area contributed by atoms with E-state index in [9.17, 15) is 18.8 Å². The topological polar surface area (TPSA) is 80.2 Å². The molecule has 27 heavy (non-hydrogen) atoms. The maximum absolute atomic E-state index is 13.4. The molecule has 0 atom stereocenters. The molecule has 0 aliphatic rings. The van der Waals surface area contributed by atoms with Gasteiger partial charge in [-0.3, -0.25) is 14.4 Å². The number of carbonyl (C=O) groups excluding carboxylic acids is 3. The Kier molecular flexibility index (Phi) is 6.15. The van der Waals surface area contributed by atoms with Crippen molar-refractivity contribution < 1.29 is 18.8 Å². The Balaban J connectivity index is 2.35. The van der Waals surface area contributed by atoms with Crippen molar-refractivity contribution in [3.63, 3.8) is 0 Å². The molecule has 0 bridgehead atoms. The smallest absolute Gasteiger partial charge is 0.294 e. The first-order valence-electron chi connectivity index (χ1n) is 8.74. The molecule has 7 heteroatoms. The molecule has 1 aromatic heterocycles. The minimum atomic E-state index is -0.693.